The molecule has 3 aromatic rings. The molecule has 8 heteroatoms. The Kier molecular flexibility index (Phi) is 5.36. The first-order valence-corrected chi connectivity index (χ1v) is 9.85. The molecule has 4 rings (SSSR count). The van der Waals surface area contributed by atoms with Crippen molar-refractivity contribution in [3.05, 3.63) is 52.4 Å². The Morgan fingerprint density at radius 3 is 2.71 bits per heavy atom. The van der Waals surface area contributed by atoms with Crippen LogP contribution in [0.3, 0.4) is 0 Å². The zero-order chi connectivity index (χ0) is 19.5. The number of fused-ring (bicyclic) bond motifs is 2. The number of anilines is 1. The van der Waals surface area contributed by atoms with Gasteiger partial charge in [-0.3, -0.25) is 4.79 Å². The van der Waals surface area contributed by atoms with Gasteiger partial charge in [0.2, 0.25) is 0 Å². The van der Waals surface area contributed by atoms with Crippen molar-refractivity contribution in [3.8, 4) is 11.5 Å². The molecule has 1 N–H and O–H groups in total. The molecule has 0 saturated heterocycles. The van der Waals surface area contributed by atoms with Gasteiger partial charge in [-0.1, -0.05) is 29.8 Å². The largest absolute Gasteiger partial charge is 0.490 e. The molecule has 0 bridgehead atoms. The lowest BCUT2D eigenvalue weighted by Crippen LogP contribution is -2.20. The third-order valence-corrected chi connectivity index (χ3v) is 5.74. The van der Waals surface area contributed by atoms with Crippen LogP contribution in [0.5, 0.6) is 11.5 Å². The zero-order valence-corrected chi connectivity index (χ0v) is 16.3. The second-order valence-corrected chi connectivity index (χ2v) is 7.51. The monoisotopic (exact) mass is 417 g/mol. The summed E-state index contributed by atoms with van der Waals surface area (Å²) < 4.78 is 17.2. The van der Waals surface area contributed by atoms with Crippen molar-refractivity contribution >= 4 is 50.6 Å². The molecule has 2 aromatic carbocycles. The van der Waals surface area contributed by atoms with Crippen molar-refractivity contribution in [1.29, 1.82) is 0 Å². The Balaban J connectivity index is 1.38. The molecule has 1 aliphatic rings. The number of carbonyl (C=O) groups excluding carboxylic acids is 2. The van der Waals surface area contributed by atoms with E-state index in [1.165, 1.54) is 11.3 Å². The SMILES string of the molecule is O=C(COC(=O)c1sc2ccccc2c1Cl)Nc1ccc2c(c1)OCCCO2. The van der Waals surface area contributed by atoms with Gasteiger partial charge >= 0.3 is 5.97 Å². The van der Waals surface area contributed by atoms with Crippen LogP contribution in [0.25, 0.3) is 10.1 Å². The van der Waals surface area contributed by atoms with E-state index < -0.39 is 18.5 Å². The van der Waals surface area contributed by atoms with E-state index in [9.17, 15) is 9.59 Å². The molecule has 0 atom stereocenters. The van der Waals surface area contributed by atoms with Crippen molar-refractivity contribution in [2.24, 2.45) is 0 Å². The number of nitrogens with one attached hydrogen (secondary N) is 1. The van der Waals surface area contributed by atoms with Crippen molar-refractivity contribution in [3.63, 3.8) is 0 Å². The van der Waals surface area contributed by atoms with E-state index in [0.29, 0.717) is 35.4 Å². The zero-order valence-electron chi connectivity index (χ0n) is 14.7. The van der Waals surface area contributed by atoms with Crippen LogP contribution in [0, 0.1) is 0 Å². The van der Waals surface area contributed by atoms with Gasteiger partial charge in [0.15, 0.2) is 18.1 Å². The van der Waals surface area contributed by atoms with Crippen molar-refractivity contribution in [2.75, 3.05) is 25.1 Å². The molecule has 0 fully saturated rings. The van der Waals surface area contributed by atoms with Crippen molar-refractivity contribution in [2.45, 2.75) is 6.42 Å². The van der Waals surface area contributed by atoms with Crippen LogP contribution in [0.15, 0.2) is 42.5 Å². The topological polar surface area (TPSA) is 73.9 Å². The van der Waals surface area contributed by atoms with Gasteiger partial charge in [0.05, 0.1) is 18.2 Å². The average molecular weight is 418 g/mol. The molecule has 144 valence electrons. The van der Waals surface area contributed by atoms with Gasteiger partial charge in [0, 0.05) is 28.3 Å². The molecule has 1 aromatic heterocycles. The minimum Gasteiger partial charge on any atom is -0.490 e. The Morgan fingerprint density at radius 1 is 1.11 bits per heavy atom. The number of amides is 1. The summed E-state index contributed by atoms with van der Waals surface area (Å²) in [6.45, 7) is 0.727. The van der Waals surface area contributed by atoms with Crippen LogP contribution in [0.2, 0.25) is 5.02 Å². The van der Waals surface area contributed by atoms with Crippen LogP contribution in [-0.4, -0.2) is 31.7 Å². The summed E-state index contributed by atoms with van der Waals surface area (Å²) in [5, 5.41) is 3.81. The summed E-state index contributed by atoms with van der Waals surface area (Å²) in [7, 11) is 0. The smallest absolute Gasteiger partial charge is 0.350 e. The van der Waals surface area contributed by atoms with Crippen LogP contribution in [0.4, 0.5) is 5.69 Å². The predicted molar refractivity (Wildman–Crippen MR) is 108 cm³/mol. The van der Waals surface area contributed by atoms with Gasteiger partial charge < -0.3 is 19.5 Å². The lowest BCUT2D eigenvalue weighted by Gasteiger charge is -2.10. The minimum absolute atomic E-state index is 0.284. The van der Waals surface area contributed by atoms with Crippen LogP contribution in [-0.2, 0) is 9.53 Å². The maximum absolute atomic E-state index is 12.3. The van der Waals surface area contributed by atoms with Gasteiger partial charge in [-0.05, 0) is 18.2 Å². The number of rotatable bonds is 4. The van der Waals surface area contributed by atoms with E-state index >= 15 is 0 Å². The maximum atomic E-state index is 12.3. The fraction of sp³-hybridized carbons (Fsp3) is 0.200. The highest BCUT2D eigenvalue weighted by Crippen LogP contribution is 2.35. The summed E-state index contributed by atoms with van der Waals surface area (Å²) in [4.78, 5) is 24.7. The van der Waals surface area contributed by atoms with Gasteiger partial charge in [0.25, 0.3) is 5.91 Å². The summed E-state index contributed by atoms with van der Waals surface area (Å²) in [6, 6.07) is 12.5. The molecule has 1 amide bonds. The first kappa shape index (κ1) is 18.6. The molecule has 2 heterocycles. The van der Waals surface area contributed by atoms with Crippen molar-refractivity contribution in [1.82, 2.24) is 0 Å². The lowest BCUT2D eigenvalue weighted by atomic mass is 10.2. The Morgan fingerprint density at radius 2 is 1.89 bits per heavy atom. The molecule has 1 aliphatic heterocycles. The maximum Gasteiger partial charge on any atom is 0.350 e. The highest BCUT2D eigenvalue weighted by atomic mass is 35.5. The number of hydrogen-bond acceptors (Lipinski definition) is 6. The molecule has 0 radical (unpaired) electrons. The molecule has 28 heavy (non-hydrogen) atoms. The number of benzene rings is 2. The van der Waals surface area contributed by atoms with E-state index in [0.717, 1.165) is 16.5 Å². The molecule has 0 aliphatic carbocycles. The van der Waals surface area contributed by atoms with Gasteiger partial charge in [-0.2, -0.15) is 0 Å². The predicted octanol–water partition coefficient (Wildman–Crippen LogP) is 4.51. The molecule has 0 unspecified atom stereocenters. The third-order valence-electron chi connectivity index (χ3n) is 4.09. The second kappa shape index (κ2) is 8.08. The van der Waals surface area contributed by atoms with Crippen LogP contribution >= 0.6 is 22.9 Å². The van der Waals surface area contributed by atoms with Crippen LogP contribution < -0.4 is 14.8 Å². The van der Waals surface area contributed by atoms with Gasteiger partial charge in [-0.15, -0.1) is 11.3 Å². The third kappa shape index (κ3) is 3.90. The van der Waals surface area contributed by atoms with E-state index in [4.69, 9.17) is 25.8 Å². The molecular formula is C20H16ClNO5S. The number of ether oxygens (including phenoxy) is 3. The lowest BCUT2D eigenvalue weighted by molar-refractivity contribution is -0.119. The Hall–Kier alpha value is -2.77. The molecular weight excluding hydrogens is 402 g/mol. The summed E-state index contributed by atoms with van der Waals surface area (Å²) in [5.41, 5.74) is 0.533. The summed E-state index contributed by atoms with van der Waals surface area (Å²) >= 11 is 7.50. The Bertz CT molecular complexity index is 1050. The van der Waals surface area contributed by atoms with E-state index in [-0.39, 0.29) is 4.88 Å². The Labute approximate surface area is 170 Å². The van der Waals surface area contributed by atoms with E-state index in [2.05, 4.69) is 5.32 Å². The number of hydrogen-bond donors (Lipinski definition) is 1. The van der Waals surface area contributed by atoms with E-state index in [1.54, 1.807) is 18.2 Å². The van der Waals surface area contributed by atoms with Gasteiger partial charge in [0.1, 0.15) is 4.88 Å². The molecule has 0 saturated carbocycles. The molecule has 0 spiro atoms. The number of thiophene rings is 1. The van der Waals surface area contributed by atoms with E-state index in [1.807, 2.05) is 24.3 Å². The summed E-state index contributed by atoms with van der Waals surface area (Å²) in [5.74, 6) is 0.130. The highest BCUT2D eigenvalue weighted by molar-refractivity contribution is 7.21. The minimum atomic E-state index is -0.625. The standard InChI is InChI=1S/C20H16ClNO5S/c21-18-13-4-1-2-5-16(13)28-19(18)20(24)27-11-17(23)22-12-6-7-14-15(10-12)26-9-3-8-25-14/h1-2,4-7,10H,3,8-9,11H2,(H,22,23). The fourth-order valence-corrected chi connectivity index (χ4v) is 4.18. The van der Waals surface area contributed by atoms with Crippen molar-refractivity contribution < 1.29 is 23.8 Å². The highest BCUT2D eigenvalue weighted by Gasteiger charge is 2.19. The number of halogens is 1. The average Bonchev–Trinajstić information content (AvgIpc) is 2.88. The fourth-order valence-electron chi connectivity index (χ4n) is 2.78. The van der Waals surface area contributed by atoms with Crippen LogP contribution in [0.1, 0.15) is 16.1 Å². The normalized spacial score (nSPS) is 13.0. The number of carbonyl (C=O) groups is 2. The number of esters is 1. The quantitative estimate of drug-likeness (QED) is 0.632. The van der Waals surface area contributed by atoms with Gasteiger partial charge in [-0.25, -0.2) is 4.79 Å². The summed E-state index contributed by atoms with van der Waals surface area (Å²) in [6.07, 6.45) is 0.798. The second-order valence-electron chi connectivity index (χ2n) is 6.08. The first-order valence-electron chi connectivity index (χ1n) is 8.65. The first-order chi connectivity index (χ1) is 13.6. The molecule has 6 nitrogen and oxygen atoms in total.